The zero-order valence-electron chi connectivity index (χ0n) is 18.0. The highest BCUT2D eigenvalue weighted by Crippen LogP contribution is 2.21. The molecule has 4 aromatic rings. The third-order valence-corrected chi connectivity index (χ3v) is 7.01. The minimum absolute atomic E-state index is 0.117. The Kier molecular flexibility index (Phi) is 6.97. The summed E-state index contributed by atoms with van der Waals surface area (Å²) in [5.41, 5.74) is 3.07. The first-order valence-electron chi connectivity index (χ1n) is 10.3. The number of rotatable bonds is 8. The lowest BCUT2D eigenvalue weighted by molar-refractivity contribution is -0.132. The lowest BCUT2D eigenvalue weighted by atomic mass is 10.0. The highest BCUT2D eigenvalue weighted by atomic mass is 32.2. The van der Waals surface area contributed by atoms with Gasteiger partial charge < -0.3 is 15.2 Å². The fourth-order valence-corrected chi connectivity index (χ4v) is 4.74. The largest absolute Gasteiger partial charge is 0.361 e. The number of nitrogens with one attached hydrogen (secondary N) is 2. The number of benzene rings is 2. The van der Waals surface area contributed by atoms with E-state index in [0.717, 1.165) is 22.0 Å². The van der Waals surface area contributed by atoms with Gasteiger partial charge in [-0.3, -0.25) is 9.59 Å². The topological polar surface area (TPSA) is 65.2 Å². The van der Waals surface area contributed by atoms with Gasteiger partial charge in [-0.15, -0.1) is 23.1 Å². The van der Waals surface area contributed by atoms with E-state index in [-0.39, 0.29) is 11.8 Å². The van der Waals surface area contributed by atoms with Crippen molar-refractivity contribution in [3.8, 4) is 0 Å². The van der Waals surface area contributed by atoms with Gasteiger partial charge in [-0.05, 0) is 47.0 Å². The minimum atomic E-state index is -0.667. The van der Waals surface area contributed by atoms with Crippen LogP contribution >= 0.6 is 23.1 Å². The van der Waals surface area contributed by atoms with Crippen LogP contribution in [-0.4, -0.2) is 41.0 Å². The first-order valence-corrected chi connectivity index (χ1v) is 12.4. The van der Waals surface area contributed by atoms with Gasteiger partial charge in [0.25, 0.3) is 5.91 Å². The maximum absolute atomic E-state index is 13.4. The van der Waals surface area contributed by atoms with Gasteiger partial charge in [-0.25, -0.2) is 0 Å². The van der Waals surface area contributed by atoms with Crippen LogP contribution in [0, 0.1) is 0 Å². The number of para-hydroxylation sites is 1. The van der Waals surface area contributed by atoms with Gasteiger partial charge in [0.1, 0.15) is 6.04 Å². The third-order valence-electron chi connectivity index (χ3n) is 5.40. The summed E-state index contributed by atoms with van der Waals surface area (Å²) in [6.07, 6.45) is 4.37. The van der Waals surface area contributed by atoms with Crippen LogP contribution in [0.2, 0.25) is 0 Å². The molecular weight excluding hydrogens is 438 g/mol. The Hall–Kier alpha value is -3.03. The first-order chi connectivity index (χ1) is 15.5. The van der Waals surface area contributed by atoms with E-state index in [4.69, 9.17) is 0 Å². The summed E-state index contributed by atoms with van der Waals surface area (Å²) in [5.74, 6) is -0.343. The highest BCUT2D eigenvalue weighted by molar-refractivity contribution is 7.98. The van der Waals surface area contributed by atoms with Crippen molar-refractivity contribution in [2.24, 2.45) is 0 Å². The van der Waals surface area contributed by atoms with Gasteiger partial charge in [0.2, 0.25) is 5.91 Å². The number of amides is 2. The van der Waals surface area contributed by atoms with E-state index in [1.165, 1.54) is 16.2 Å². The van der Waals surface area contributed by atoms with Crippen LogP contribution in [0.25, 0.3) is 10.9 Å². The molecule has 0 bridgehead atoms. The summed E-state index contributed by atoms with van der Waals surface area (Å²) in [5, 5.41) is 5.89. The van der Waals surface area contributed by atoms with Crippen LogP contribution < -0.4 is 5.32 Å². The second-order valence-corrected chi connectivity index (χ2v) is 9.44. The number of H-pyrrole nitrogens is 1. The zero-order valence-corrected chi connectivity index (χ0v) is 19.6. The maximum Gasteiger partial charge on any atom is 0.262 e. The van der Waals surface area contributed by atoms with Crippen LogP contribution in [0.5, 0.6) is 0 Å². The van der Waals surface area contributed by atoms with Gasteiger partial charge in [0, 0.05) is 42.0 Å². The molecule has 2 amide bonds. The number of hydrogen-bond donors (Lipinski definition) is 2. The molecule has 2 aromatic heterocycles. The molecule has 0 aliphatic heterocycles. The molecule has 0 aliphatic rings. The molecule has 0 fully saturated rings. The molecule has 0 radical (unpaired) electrons. The molecule has 0 aliphatic carbocycles. The van der Waals surface area contributed by atoms with Crippen molar-refractivity contribution in [2.45, 2.75) is 23.9 Å². The summed E-state index contributed by atoms with van der Waals surface area (Å²) in [6, 6.07) is 19.1. The molecule has 0 unspecified atom stereocenters. The predicted molar refractivity (Wildman–Crippen MR) is 132 cm³/mol. The Morgan fingerprint density at radius 1 is 1.09 bits per heavy atom. The summed E-state index contributed by atoms with van der Waals surface area (Å²) < 4.78 is 0. The summed E-state index contributed by atoms with van der Waals surface area (Å²) in [4.78, 5) is 32.9. The van der Waals surface area contributed by atoms with Crippen molar-refractivity contribution in [3.05, 3.63) is 88.2 Å². The Labute approximate surface area is 195 Å². The third kappa shape index (κ3) is 5.06. The van der Waals surface area contributed by atoms with Crippen molar-refractivity contribution in [2.75, 3.05) is 13.3 Å². The summed E-state index contributed by atoms with van der Waals surface area (Å²) in [6.45, 7) is 0.479. The molecule has 1 atom stereocenters. The second-order valence-electron chi connectivity index (χ2n) is 7.61. The molecule has 2 heterocycles. The summed E-state index contributed by atoms with van der Waals surface area (Å²) in [7, 11) is 1.78. The number of thioether (sulfide) groups is 1. The molecule has 0 saturated carbocycles. The van der Waals surface area contributed by atoms with E-state index < -0.39 is 6.04 Å². The van der Waals surface area contributed by atoms with E-state index in [1.807, 2.05) is 60.3 Å². The SMILES string of the molecule is CSc1ccc(CN(C)C(=O)[C@H](Cc2c[nH]c3ccccc23)NC(=O)c2cccs2)cc1. The molecule has 164 valence electrons. The molecule has 5 nitrogen and oxygen atoms in total. The number of nitrogens with zero attached hydrogens (tertiary/aromatic N) is 1. The molecule has 2 aromatic carbocycles. The maximum atomic E-state index is 13.4. The number of fused-ring (bicyclic) bond motifs is 1. The molecule has 4 rings (SSSR count). The van der Waals surface area contributed by atoms with E-state index in [2.05, 4.69) is 22.4 Å². The smallest absolute Gasteiger partial charge is 0.262 e. The first kappa shape index (κ1) is 22.2. The average Bonchev–Trinajstić information content (AvgIpc) is 3.49. The Bertz CT molecular complexity index is 1200. The van der Waals surface area contributed by atoms with Crippen LogP contribution in [0.4, 0.5) is 0 Å². The average molecular weight is 464 g/mol. The second kappa shape index (κ2) is 10.1. The number of hydrogen-bond acceptors (Lipinski definition) is 4. The zero-order chi connectivity index (χ0) is 22.5. The molecular formula is C25H25N3O2S2. The van der Waals surface area contributed by atoms with Gasteiger partial charge >= 0.3 is 0 Å². The monoisotopic (exact) mass is 463 g/mol. The number of likely N-dealkylation sites (N-methyl/N-ethyl adjacent to an activating group) is 1. The Morgan fingerprint density at radius 2 is 1.88 bits per heavy atom. The van der Waals surface area contributed by atoms with Crippen LogP contribution in [0.1, 0.15) is 20.8 Å². The van der Waals surface area contributed by atoms with E-state index in [9.17, 15) is 9.59 Å². The van der Waals surface area contributed by atoms with Crippen molar-refractivity contribution in [1.82, 2.24) is 15.2 Å². The minimum Gasteiger partial charge on any atom is -0.361 e. The van der Waals surface area contributed by atoms with Gasteiger partial charge in [0.05, 0.1) is 4.88 Å². The van der Waals surface area contributed by atoms with E-state index in [0.29, 0.717) is 17.8 Å². The number of thiophene rings is 1. The molecule has 2 N–H and O–H groups in total. The van der Waals surface area contributed by atoms with E-state index in [1.54, 1.807) is 29.8 Å². The Balaban J connectivity index is 1.55. The Morgan fingerprint density at radius 3 is 2.59 bits per heavy atom. The lowest BCUT2D eigenvalue weighted by Crippen LogP contribution is -2.48. The van der Waals surface area contributed by atoms with Crippen LogP contribution in [0.3, 0.4) is 0 Å². The number of aromatic amines is 1. The highest BCUT2D eigenvalue weighted by Gasteiger charge is 2.26. The van der Waals surface area contributed by atoms with Crippen LogP contribution in [0.15, 0.2) is 77.1 Å². The fraction of sp³-hybridized carbons (Fsp3) is 0.200. The fourth-order valence-electron chi connectivity index (χ4n) is 3.71. The van der Waals surface area contributed by atoms with Crippen LogP contribution in [-0.2, 0) is 17.8 Å². The number of carbonyl (C=O) groups excluding carboxylic acids is 2. The number of carbonyl (C=O) groups is 2. The van der Waals surface area contributed by atoms with E-state index >= 15 is 0 Å². The van der Waals surface area contributed by atoms with Gasteiger partial charge in [-0.2, -0.15) is 0 Å². The molecule has 0 saturated heterocycles. The molecule has 7 heteroatoms. The van der Waals surface area contributed by atoms with Crippen molar-refractivity contribution < 1.29 is 9.59 Å². The normalized spacial score (nSPS) is 11.9. The lowest BCUT2D eigenvalue weighted by Gasteiger charge is -2.25. The van der Waals surface area contributed by atoms with Crippen molar-refractivity contribution >= 4 is 45.8 Å². The molecule has 32 heavy (non-hydrogen) atoms. The van der Waals surface area contributed by atoms with Crippen molar-refractivity contribution in [3.63, 3.8) is 0 Å². The quantitative estimate of drug-likeness (QED) is 0.363. The predicted octanol–water partition coefficient (Wildman–Crippen LogP) is 4.95. The molecule has 0 spiro atoms. The van der Waals surface area contributed by atoms with Gasteiger partial charge in [-0.1, -0.05) is 36.4 Å². The summed E-state index contributed by atoms with van der Waals surface area (Å²) >= 11 is 3.05. The standard InChI is InChI=1S/C25H25N3O2S2/c1-28(16-17-9-11-19(31-2)12-10-17)25(30)22(27-24(29)23-8-5-13-32-23)14-18-15-26-21-7-4-3-6-20(18)21/h3-13,15,22,26H,14,16H2,1-2H3,(H,27,29)/t22-/m0/s1. The van der Waals surface area contributed by atoms with Gasteiger partial charge in [0.15, 0.2) is 0 Å². The van der Waals surface area contributed by atoms with Crippen molar-refractivity contribution in [1.29, 1.82) is 0 Å². The number of aromatic nitrogens is 1.